The first kappa shape index (κ1) is 39.6. The lowest BCUT2D eigenvalue weighted by Crippen LogP contribution is -2.45. The lowest BCUT2D eigenvalue weighted by Gasteiger charge is -2.38. The molecule has 2 atom stereocenters. The number of phenolic OH excluding ortho intramolecular Hbond substituents is 1. The first-order valence-corrected chi connectivity index (χ1v) is 19.5. The van der Waals surface area contributed by atoms with Crippen molar-refractivity contribution in [1.82, 2.24) is 24.1 Å². The predicted octanol–water partition coefficient (Wildman–Crippen LogP) is 7.60. The molecule has 56 heavy (non-hydrogen) atoms. The maximum Gasteiger partial charge on any atom is 0.264 e. The Bertz CT molecular complexity index is 2170. The number of amides is 2. The molecule has 11 nitrogen and oxygen atoms in total. The maximum absolute atomic E-state index is 14.9. The number of halogens is 2. The van der Waals surface area contributed by atoms with Crippen molar-refractivity contribution in [3.8, 4) is 17.0 Å². The van der Waals surface area contributed by atoms with Gasteiger partial charge in [0.25, 0.3) is 11.8 Å². The summed E-state index contributed by atoms with van der Waals surface area (Å²) in [5.41, 5.74) is 6.74. The lowest BCUT2D eigenvalue weighted by atomic mass is 9.90. The topological polar surface area (TPSA) is 105 Å². The van der Waals surface area contributed by atoms with Crippen LogP contribution in [0.15, 0.2) is 85.2 Å². The molecule has 13 heteroatoms. The van der Waals surface area contributed by atoms with E-state index in [0.717, 1.165) is 69.8 Å². The molecule has 2 fully saturated rings. The molecule has 2 aromatic heterocycles. The molecule has 3 aromatic carbocycles. The Morgan fingerprint density at radius 2 is 1.71 bits per heavy atom. The standard InChI is InChI=1S/C43H47ClN6O5.ClH/c1-29-39(43(53)50(33-10-12-37(51)13-11-33)36-25-45-49(27-36)35-15-19-55-28-35)24-41(46(29)2)40-23-32(44)9-14-38(40)42(52)48-26-31-7-4-3-6-30(31)22-34(48)8-5-16-47-17-20-54-21-18-47;/h3-4,6-7,9-14,23-25,27,34-35,51H,5,8,15-22,26,28H2,1-2H3;1H/t34-,35?;/m1./s1. The van der Waals surface area contributed by atoms with Crippen LogP contribution in [0.25, 0.3) is 11.3 Å². The van der Waals surface area contributed by atoms with Crippen LogP contribution in [-0.2, 0) is 29.5 Å². The fraction of sp³-hybridized carbons (Fsp3) is 0.372. The van der Waals surface area contributed by atoms with Gasteiger partial charge in [-0.1, -0.05) is 35.9 Å². The molecule has 0 aliphatic carbocycles. The summed E-state index contributed by atoms with van der Waals surface area (Å²) in [4.78, 5) is 35.7. The molecule has 2 saturated heterocycles. The summed E-state index contributed by atoms with van der Waals surface area (Å²) in [6.45, 7) is 8.06. The molecule has 3 aliphatic heterocycles. The Balaban J connectivity index is 0.00000480. The summed E-state index contributed by atoms with van der Waals surface area (Å²) in [7, 11) is 1.91. The van der Waals surface area contributed by atoms with Gasteiger partial charge < -0.3 is 24.0 Å². The van der Waals surface area contributed by atoms with E-state index in [1.54, 1.807) is 41.4 Å². The highest BCUT2D eigenvalue weighted by Crippen LogP contribution is 2.37. The van der Waals surface area contributed by atoms with E-state index < -0.39 is 0 Å². The number of rotatable bonds is 10. The molecule has 294 valence electrons. The molecule has 2 amide bonds. The van der Waals surface area contributed by atoms with Gasteiger partial charge in [0.1, 0.15) is 5.75 Å². The highest BCUT2D eigenvalue weighted by molar-refractivity contribution is 6.31. The number of fused-ring (bicyclic) bond motifs is 1. The van der Waals surface area contributed by atoms with Gasteiger partial charge in [-0.05, 0) is 98.8 Å². The first-order valence-electron chi connectivity index (χ1n) is 19.1. The zero-order valence-electron chi connectivity index (χ0n) is 31.8. The summed E-state index contributed by atoms with van der Waals surface area (Å²) >= 11 is 6.67. The van der Waals surface area contributed by atoms with Crippen molar-refractivity contribution in [2.75, 3.05) is 51.0 Å². The molecule has 0 bridgehead atoms. The van der Waals surface area contributed by atoms with Crippen LogP contribution in [0, 0.1) is 6.92 Å². The zero-order chi connectivity index (χ0) is 38.1. The highest BCUT2D eigenvalue weighted by atomic mass is 35.5. The molecule has 3 aliphatic rings. The van der Waals surface area contributed by atoms with Gasteiger partial charge in [-0.15, -0.1) is 12.4 Å². The number of carbonyl (C=O) groups is 2. The van der Waals surface area contributed by atoms with Gasteiger partial charge in [0, 0.05) is 78.8 Å². The third kappa shape index (κ3) is 8.10. The fourth-order valence-corrected chi connectivity index (χ4v) is 8.35. The molecular weight excluding hydrogens is 751 g/mol. The number of benzene rings is 3. The monoisotopic (exact) mass is 798 g/mol. The minimum absolute atomic E-state index is 0. The average Bonchev–Trinajstić information content (AvgIpc) is 3.97. The maximum atomic E-state index is 14.9. The van der Waals surface area contributed by atoms with E-state index in [1.165, 1.54) is 5.56 Å². The van der Waals surface area contributed by atoms with Gasteiger partial charge in [0.2, 0.25) is 0 Å². The number of carbonyl (C=O) groups excluding carboxylic acids is 2. The number of hydrogen-bond acceptors (Lipinski definition) is 7. The summed E-state index contributed by atoms with van der Waals surface area (Å²) in [6.07, 6.45) is 7.06. The van der Waals surface area contributed by atoms with Gasteiger partial charge in [-0.3, -0.25) is 24.1 Å². The summed E-state index contributed by atoms with van der Waals surface area (Å²) < 4.78 is 14.9. The third-order valence-electron chi connectivity index (χ3n) is 11.4. The van der Waals surface area contributed by atoms with Crippen LogP contribution in [0.3, 0.4) is 0 Å². The molecule has 5 aromatic rings. The number of ether oxygens (including phenoxy) is 2. The largest absolute Gasteiger partial charge is 0.508 e. The Morgan fingerprint density at radius 1 is 0.946 bits per heavy atom. The molecule has 1 unspecified atom stereocenters. The second kappa shape index (κ2) is 17.2. The van der Waals surface area contributed by atoms with E-state index in [2.05, 4.69) is 28.2 Å². The Kier molecular flexibility index (Phi) is 12.2. The number of aromatic nitrogens is 3. The molecule has 0 radical (unpaired) electrons. The summed E-state index contributed by atoms with van der Waals surface area (Å²) in [6, 6.07) is 22.4. The second-order valence-corrected chi connectivity index (χ2v) is 15.2. The fourth-order valence-electron chi connectivity index (χ4n) is 8.18. The summed E-state index contributed by atoms with van der Waals surface area (Å²) in [5, 5.41) is 15.2. The van der Waals surface area contributed by atoms with E-state index in [0.29, 0.717) is 58.5 Å². The molecular formula is C43H48Cl2N6O5. The number of aromatic hydroxyl groups is 1. The van der Waals surface area contributed by atoms with Crippen molar-refractivity contribution in [2.24, 2.45) is 7.05 Å². The summed E-state index contributed by atoms with van der Waals surface area (Å²) in [5.74, 6) is -0.226. The van der Waals surface area contributed by atoms with Gasteiger partial charge in [0.05, 0.1) is 43.3 Å². The smallest absolute Gasteiger partial charge is 0.264 e. The van der Waals surface area contributed by atoms with Crippen molar-refractivity contribution >= 4 is 47.2 Å². The van der Waals surface area contributed by atoms with Crippen molar-refractivity contribution in [3.63, 3.8) is 0 Å². The minimum Gasteiger partial charge on any atom is -0.508 e. The number of anilines is 2. The van der Waals surface area contributed by atoms with Crippen LogP contribution in [0.1, 0.15) is 62.8 Å². The number of phenols is 1. The van der Waals surface area contributed by atoms with Crippen molar-refractivity contribution < 1.29 is 24.2 Å². The highest BCUT2D eigenvalue weighted by Gasteiger charge is 2.33. The van der Waals surface area contributed by atoms with Crippen LogP contribution in [-0.4, -0.2) is 93.2 Å². The van der Waals surface area contributed by atoms with Crippen molar-refractivity contribution in [1.29, 1.82) is 0 Å². The van der Waals surface area contributed by atoms with Crippen LogP contribution in [0.4, 0.5) is 11.4 Å². The number of nitrogens with zero attached hydrogens (tertiary/aromatic N) is 6. The third-order valence-corrected chi connectivity index (χ3v) is 11.7. The van der Waals surface area contributed by atoms with Gasteiger partial charge in [-0.25, -0.2) is 0 Å². The van der Waals surface area contributed by atoms with E-state index in [1.807, 2.05) is 58.6 Å². The average molecular weight is 800 g/mol. The van der Waals surface area contributed by atoms with Gasteiger partial charge >= 0.3 is 0 Å². The predicted molar refractivity (Wildman–Crippen MR) is 219 cm³/mol. The van der Waals surface area contributed by atoms with Crippen molar-refractivity contribution in [2.45, 2.75) is 51.2 Å². The number of morpholine rings is 1. The van der Waals surface area contributed by atoms with Crippen LogP contribution in [0.2, 0.25) is 5.02 Å². The van der Waals surface area contributed by atoms with Crippen LogP contribution in [0.5, 0.6) is 5.75 Å². The lowest BCUT2D eigenvalue weighted by molar-refractivity contribution is 0.0353. The molecule has 0 spiro atoms. The minimum atomic E-state index is -0.268. The van der Waals surface area contributed by atoms with Gasteiger partial charge in [0.15, 0.2) is 0 Å². The molecule has 8 rings (SSSR count). The Morgan fingerprint density at radius 3 is 2.46 bits per heavy atom. The zero-order valence-corrected chi connectivity index (χ0v) is 33.3. The quantitative estimate of drug-likeness (QED) is 0.155. The van der Waals surface area contributed by atoms with E-state index in [4.69, 9.17) is 21.1 Å². The second-order valence-electron chi connectivity index (χ2n) is 14.8. The Labute approximate surface area is 338 Å². The SMILES string of the molecule is Cc1c(C(=O)N(c2ccc(O)cc2)c2cnn(C3CCOC3)c2)cc(-c2cc(Cl)ccc2C(=O)N2Cc3ccccc3C[C@H]2CCCN2CCOCC2)n1C.Cl. The molecule has 0 saturated carbocycles. The Hall–Kier alpha value is -4.65. The molecule has 5 heterocycles. The van der Waals surface area contributed by atoms with Gasteiger partial charge in [-0.2, -0.15) is 5.10 Å². The van der Waals surface area contributed by atoms with Crippen LogP contribution >= 0.6 is 24.0 Å². The molecule has 1 N–H and O–H groups in total. The van der Waals surface area contributed by atoms with E-state index in [9.17, 15) is 14.7 Å². The number of hydrogen-bond donors (Lipinski definition) is 1. The van der Waals surface area contributed by atoms with E-state index >= 15 is 0 Å². The van der Waals surface area contributed by atoms with E-state index in [-0.39, 0.29) is 42.1 Å². The normalized spacial score (nSPS) is 18.4. The first-order chi connectivity index (χ1) is 26.7. The van der Waals surface area contributed by atoms with Crippen LogP contribution < -0.4 is 4.90 Å². The van der Waals surface area contributed by atoms with Crippen molar-refractivity contribution in [3.05, 3.63) is 118 Å².